The highest BCUT2D eigenvalue weighted by Gasteiger charge is 2.26. The molecule has 1 heterocycles. The first kappa shape index (κ1) is 14.1. The molecule has 0 atom stereocenters. The number of rotatable bonds is 4. The molecule has 0 aliphatic rings. The Bertz CT molecular complexity index is 739. The Labute approximate surface area is 112 Å². The van der Waals surface area contributed by atoms with E-state index < -0.39 is 26.4 Å². The molecule has 0 radical (unpaired) electrons. The third-order valence-electron chi connectivity index (χ3n) is 2.53. The minimum absolute atomic E-state index is 0.0364. The van der Waals surface area contributed by atoms with Crippen LogP contribution in [-0.2, 0) is 9.84 Å². The van der Waals surface area contributed by atoms with Crippen LogP contribution in [0.4, 0.5) is 8.78 Å². The Morgan fingerprint density at radius 2 is 1.85 bits per heavy atom. The summed E-state index contributed by atoms with van der Waals surface area (Å²) in [6, 6.07) is 4.75. The van der Waals surface area contributed by atoms with Crippen molar-refractivity contribution in [3.8, 4) is 5.69 Å². The summed E-state index contributed by atoms with van der Waals surface area (Å²) in [5, 5.41) is 0. The van der Waals surface area contributed by atoms with E-state index in [9.17, 15) is 22.0 Å². The maximum Gasteiger partial charge on any atom is 0.341 e. The fraction of sp³-hybridized carbons (Fsp3) is 0.0909. The summed E-state index contributed by atoms with van der Waals surface area (Å²) in [6.07, 6.45) is 2.65. The van der Waals surface area contributed by atoms with Gasteiger partial charge in [0.25, 0.3) is 5.91 Å². The van der Waals surface area contributed by atoms with Crippen LogP contribution >= 0.6 is 0 Å². The van der Waals surface area contributed by atoms with E-state index >= 15 is 0 Å². The van der Waals surface area contributed by atoms with Gasteiger partial charge in [-0.25, -0.2) is 13.4 Å². The number of benzene rings is 1. The molecular weight excluding hydrogens is 292 g/mol. The van der Waals surface area contributed by atoms with E-state index in [1.807, 2.05) is 0 Å². The number of primary amides is 1. The van der Waals surface area contributed by atoms with Crippen LogP contribution in [0.15, 0.2) is 41.7 Å². The van der Waals surface area contributed by atoms with Crippen molar-refractivity contribution >= 4 is 15.7 Å². The normalized spacial score (nSPS) is 11.8. The van der Waals surface area contributed by atoms with Crippen molar-refractivity contribution in [3.63, 3.8) is 0 Å². The van der Waals surface area contributed by atoms with E-state index in [0.717, 1.165) is 12.1 Å². The summed E-state index contributed by atoms with van der Waals surface area (Å²) < 4.78 is 48.6. The molecule has 0 unspecified atom stereocenters. The molecule has 0 fully saturated rings. The highest BCUT2D eigenvalue weighted by atomic mass is 32.2. The molecule has 1 aromatic heterocycles. The average Bonchev–Trinajstić information content (AvgIpc) is 2.88. The van der Waals surface area contributed by atoms with Crippen LogP contribution in [0.25, 0.3) is 5.69 Å². The second-order valence-corrected chi connectivity index (χ2v) is 5.75. The number of nitrogens with zero attached hydrogens (tertiary/aromatic N) is 2. The Morgan fingerprint density at radius 1 is 1.25 bits per heavy atom. The number of carbonyl (C=O) groups is 1. The minimum atomic E-state index is -4.62. The molecule has 20 heavy (non-hydrogen) atoms. The van der Waals surface area contributed by atoms with E-state index in [0.29, 0.717) is 5.69 Å². The van der Waals surface area contributed by atoms with Crippen LogP contribution in [-0.4, -0.2) is 29.6 Å². The van der Waals surface area contributed by atoms with Gasteiger partial charge in [0.1, 0.15) is 12.0 Å². The number of sulfone groups is 1. The lowest BCUT2D eigenvalue weighted by atomic mass is 10.3. The van der Waals surface area contributed by atoms with Crippen molar-refractivity contribution in [3.05, 3.63) is 42.5 Å². The van der Waals surface area contributed by atoms with Gasteiger partial charge in [0.2, 0.25) is 9.84 Å². The van der Waals surface area contributed by atoms with Gasteiger partial charge in [0.15, 0.2) is 0 Å². The van der Waals surface area contributed by atoms with E-state index in [1.165, 1.54) is 29.2 Å². The zero-order valence-corrected chi connectivity index (χ0v) is 10.7. The third kappa shape index (κ3) is 2.52. The van der Waals surface area contributed by atoms with E-state index in [1.54, 1.807) is 0 Å². The quantitative estimate of drug-likeness (QED) is 0.910. The molecular formula is C11H9F2N3O3S. The average molecular weight is 301 g/mol. The zero-order chi connectivity index (χ0) is 14.9. The van der Waals surface area contributed by atoms with Gasteiger partial charge in [-0.3, -0.25) is 4.79 Å². The largest absolute Gasteiger partial charge is 0.364 e. The molecule has 1 aromatic carbocycles. The molecule has 106 valence electrons. The van der Waals surface area contributed by atoms with E-state index in [-0.39, 0.29) is 5.69 Å². The monoisotopic (exact) mass is 301 g/mol. The number of hydrogen-bond acceptors (Lipinski definition) is 4. The van der Waals surface area contributed by atoms with Crippen molar-refractivity contribution in [2.75, 3.05) is 0 Å². The van der Waals surface area contributed by atoms with Gasteiger partial charge in [-0.05, 0) is 24.3 Å². The second-order valence-electron chi connectivity index (χ2n) is 3.83. The lowest BCUT2D eigenvalue weighted by molar-refractivity contribution is 0.0996. The predicted octanol–water partition coefficient (Wildman–Crippen LogP) is 0.968. The fourth-order valence-corrected chi connectivity index (χ4v) is 2.22. The topological polar surface area (TPSA) is 95.0 Å². The standard InChI is InChI=1S/C11H9F2N3O3S/c12-11(13)20(18,19)8-3-1-7(2-4-8)16-5-9(10(14)17)15-6-16/h1-6,11H,(H2,14,17). The molecule has 0 saturated carbocycles. The van der Waals surface area contributed by atoms with Crippen molar-refractivity contribution in [1.82, 2.24) is 9.55 Å². The summed E-state index contributed by atoms with van der Waals surface area (Å²) in [5.74, 6) is -4.18. The lowest BCUT2D eigenvalue weighted by Gasteiger charge is -2.05. The highest BCUT2D eigenvalue weighted by molar-refractivity contribution is 7.91. The highest BCUT2D eigenvalue weighted by Crippen LogP contribution is 2.20. The smallest absolute Gasteiger partial charge is 0.341 e. The maximum absolute atomic E-state index is 12.4. The Balaban J connectivity index is 2.35. The Kier molecular flexibility index (Phi) is 3.53. The van der Waals surface area contributed by atoms with Gasteiger partial charge in [-0.1, -0.05) is 0 Å². The molecule has 0 aliphatic heterocycles. The number of amides is 1. The number of carbonyl (C=O) groups excluding carboxylic acids is 1. The van der Waals surface area contributed by atoms with Crippen molar-refractivity contribution < 1.29 is 22.0 Å². The minimum Gasteiger partial charge on any atom is -0.364 e. The van der Waals surface area contributed by atoms with Crippen molar-refractivity contribution in [2.24, 2.45) is 5.73 Å². The summed E-state index contributed by atoms with van der Waals surface area (Å²) in [5.41, 5.74) is 5.54. The lowest BCUT2D eigenvalue weighted by Crippen LogP contribution is -2.11. The summed E-state index contributed by atoms with van der Waals surface area (Å²) in [4.78, 5) is 14.2. The van der Waals surface area contributed by atoms with E-state index in [2.05, 4.69) is 4.98 Å². The number of nitrogens with two attached hydrogens (primary N) is 1. The molecule has 1 amide bonds. The van der Waals surface area contributed by atoms with Gasteiger partial charge >= 0.3 is 5.76 Å². The number of imidazole rings is 1. The summed E-state index contributed by atoms with van der Waals surface area (Å²) in [7, 11) is -4.62. The van der Waals surface area contributed by atoms with Crippen LogP contribution in [0.2, 0.25) is 0 Å². The van der Waals surface area contributed by atoms with E-state index in [4.69, 9.17) is 5.73 Å². The second kappa shape index (κ2) is 5.00. The molecule has 2 rings (SSSR count). The van der Waals surface area contributed by atoms with Crippen LogP contribution in [0, 0.1) is 0 Å². The first-order valence-corrected chi connectivity index (χ1v) is 6.83. The van der Waals surface area contributed by atoms with Gasteiger partial charge in [-0.2, -0.15) is 8.78 Å². The molecule has 6 nitrogen and oxygen atoms in total. The molecule has 0 aliphatic carbocycles. The molecule has 0 saturated heterocycles. The van der Waals surface area contributed by atoms with Gasteiger partial charge in [0.05, 0.1) is 4.90 Å². The molecule has 2 aromatic rings. The van der Waals surface area contributed by atoms with Crippen LogP contribution in [0.1, 0.15) is 10.5 Å². The zero-order valence-electron chi connectivity index (χ0n) is 9.90. The number of alkyl halides is 2. The third-order valence-corrected chi connectivity index (χ3v) is 3.93. The molecule has 9 heteroatoms. The predicted molar refractivity (Wildman–Crippen MR) is 65.3 cm³/mol. The maximum atomic E-state index is 12.4. The first-order chi connectivity index (χ1) is 9.32. The summed E-state index contributed by atoms with van der Waals surface area (Å²) in [6.45, 7) is 0. The molecule has 0 spiro atoms. The molecule has 0 bridgehead atoms. The first-order valence-electron chi connectivity index (χ1n) is 5.28. The SMILES string of the molecule is NC(=O)c1cn(-c2ccc(S(=O)(=O)C(F)F)cc2)cn1. The van der Waals surface area contributed by atoms with Crippen molar-refractivity contribution in [1.29, 1.82) is 0 Å². The number of hydrogen-bond donors (Lipinski definition) is 1. The number of halogens is 2. The number of aromatic nitrogens is 2. The molecule has 2 N–H and O–H groups in total. The Morgan fingerprint density at radius 3 is 2.30 bits per heavy atom. The summed E-state index contributed by atoms with van der Waals surface area (Å²) >= 11 is 0. The fourth-order valence-electron chi connectivity index (χ4n) is 1.50. The van der Waals surface area contributed by atoms with Crippen LogP contribution in [0.5, 0.6) is 0 Å². The van der Waals surface area contributed by atoms with Gasteiger partial charge < -0.3 is 10.3 Å². The van der Waals surface area contributed by atoms with Crippen LogP contribution in [0.3, 0.4) is 0 Å². The van der Waals surface area contributed by atoms with Crippen molar-refractivity contribution in [2.45, 2.75) is 10.7 Å². The Hall–Kier alpha value is -2.29. The van der Waals surface area contributed by atoms with Crippen LogP contribution < -0.4 is 5.73 Å². The van der Waals surface area contributed by atoms with Gasteiger partial charge in [-0.15, -0.1) is 0 Å². The van der Waals surface area contributed by atoms with Gasteiger partial charge in [0, 0.05) is 11.9 Å².